The first-order chi connectivity index (χ1) is 23.0. The smallest absolute Gasteiger partial charge is 0.228 e. The molecule has 3 aromatic carbocycles. The number of amides is 1. The number of benzene rings is 3. The summed E-state index contributed by atoms with van der Waals surface area (Å²) in [5, 5.41) is 8.94. The van der Waals surface area contributed by atoms with Crippen LogP contribution in [0.1, 0.15) is 92.8 Å². The summed E-state index contributed by atoms with van der Waals surface area (Å²) in [6.45, 7) is 8.61. The quantitative estimate of drug-likeness (QED) is 0.133. The number of anilines is 2. The largest absolute Gasteiger partial charge is 0.362 e. The van der Waals surface area contributed by atoms with Crippen molar-refractivity contribution in [2.45, 2.75) is 89.6 Å². The van der Waals surface area contributed by atoms with Crippen LogP contribution in [-0.2, 0) is 16.6 Å². The van der Waals surface area contributed by atoms with Gasteiger partial charge in [-0.1, -0.05) is 82.3 Å². The highest BCUT2D eigenvalue weighted by Crippen LogP contribution is 2.33. The van der Waals surface area contributed by atoms with Crippen LogP contribution in [0.5, 0.6) is 0 Å². The molecule has 1 saturated carbocycles. The normalized spacial score (nSPS) is 17.3. The molecule has 1 unspecified atom stereocenters. The summed E-state index contributed by atoms with van der Waals surface area (Å²) in [7, 11) is 3.99. The zero-order valence-electron chi connectivity index (χ0n) is 29.1. The van der Waals surface area contributed by atoms with Crippen molar-refractivity contribution in [3.05, 3.63) is 95.2 Å². The summed E-state index contributed by atoms with van der Waals surface area (Å²) in [4.78, 5) is 42.9. The number of ketones is 1. The number of para-hydroxylation sites is 2. The molecule has 6 rings (SSSR count). The second-order valence-electron chi connectivity index (χ2n) is 14.4. The number of rotatable bonds is 10. The first-order valence-electron chi connectivity index (χ1n) is 17.3. The Hall–Kier alpha value is -4.72. The lowest BCUT2D eigenvalue weighted by atomic mass is 9.85. The number of nitrogens with zero attached hydrogens (tertiary/aromatic N) is 3. The zero-order valence-corrected chi connectivity index (χ0v) is 29.1. The lowest BCUT2D eigenvalue weighted by molar-refractivity contribution is -0.123. The number of nitrogens with one attached hydrogen (secondary N) is 3. The summed E-state index contributed by atoms with van der Waals surface area (Å²) in [6, 6.07) is 22.4. The molecule has 1 fully saturated rings. The Morgan fingerprint density at radius 2 is 1.58 bits per heavy atom. The molecule has 0 saturated heterocycles. The van der Waals surface area contributed by atoms with E-state index < -0.39 is 5.92 Å². The monoisotopic (exact) mass is 644 g/mol. The Morgan fingerprint density at radius 1 is 0.896 bits per heavy atom. The summed E-state index contributed by atoms with van der Waals surface area (Å²) < 4.78 is 0. The van der Waals surface area contributed by atoms with Crippen LogP contribution < -0.4 is 15.5 Å². The van der Waals surface area contributed by atoms with E-state index in [2.05, 4.69) is 55.4 Å². The van der Waals surface area contributed by atoms with Gasteiger partial charge in [0.2, 0.25) is 11.9 Å². The van der Waals surface area contributed by atoms with Crippen molar-refractivity contribution in [2.24, 2.45) is 0 Å². The van der Waals surface area contributed by atoms with Gasteiger partial charge >= 0.3 is 0 Å². The Labute approximate surface area is 283 Å². The van der Waals surface area contributed by atoms with Gasteiger partial charge in [-0.15, -0.1) is 0 Å². The average molecular weight is 645 g/mol. The molecule has 8 nitrogen and oxygen atoms in total. The van der Waals surface area contributed by atoms with Gasteiger partial charge in [-0.3, -0.25) is 9.59 Å². The van der Waals surface area contributed by atoms with Gasteiger partial charge in [-0.25, -0.2) is 4.98 Å². The fourth-order valence-corrected chi connectivity index (χ4v) is 6.96. The Bertz CT molecular complexity index is 1910. The second kappa shape index (κ2) is 13.8. The zero-order chi connectivity index (χ0) is 34.0. The predicted octanol–water partition coefficient (Wildman–Crippen LogP) is 7.93. The number of Topliss-reactive ketones (excluding diaryl/α,β-unsaturated/α-hetero) is 1. The maximum absolute atomic E-state index is 14.1. The molecule has 1 aliphatic carbocycles. The van der Waals surface area contributed by atoms with Crippen LogP contribution in [0.25, 0.3) is 21.8 Å². The van der Waals surface area contributed by atoms with Gasteiger partial charge in [-0.2, -0.15) is 4.98 Å². The fraction of sp³-hybridized carbons (Fsp3) is 0.400. The van der Waals surface area contributed by atoms with Crippen LogP contribution in [0.3, 0.4) is 0 Å². The Kier molecular flexibility index (Phi) is 9.54. The lowest BCUT2D eigenvalue weighted by Crippen LogP contribution is -2.42. The third-order valence-electron chi connectivity index (χ3n) is 9.78. The molecule has 0 radical (unpaired) electrons. The molecule has 0 spiro atoms. The van der Waals surface area contributed by atoms with Crippen molar-refractivity contribution < 1.29 is 9.59 Å². The van der Waals surface area contributed by atoms with Gasteiger partial charge in [0.15, 0.2) is 5.78 Å². The van der Waals surface area contributed by atoms with E-state index in [4.69, 9.17) is 9.97 Å². The standard InChI is InChI=1S/C40H48N6O2/c1-7-25-11-10-13-30-33(24-41-36(25)30)32(23-35(47)26-15-17-27(18-16-26)40(2,3)4)38(48)42-28-19-21-29(22-20-28)43-39-44-34-14-9-8-12-31(34)37(45-39)46(5)6/h8-18,24,28-29,32,41H,7,19-23H2,1-6H3,(H,42,48)(H,43,44,45)/t28-,29+,32?. The van der Waals surface area contributed by atoms with Crippen LogP contribution in [-0.4, -0.2) is 52.8 Å². The number of aromatic amines is 1. The van der Waals surface area contributed by atoms with Crippen molar-refractivity contribution in [1.29, 1.82) is 0 Å². The average Bonchev–Trinajstić information content (AvgIpc) is 3.51. The Balaban J connectivity index is 1.17. The van der Waals surface area contributed by atoms with E-state index in [1.165, 1.54) is 11.1 Å². The van der Waals surface area contributed by atoms with Gasteiger partial charge in [0, 0.05) is 60.6 Å². The van der Waals surface area contributed by atoms with E-state index in [-0.39, 0.29) is 35.6 Å². The summed E-state index contributed by atoms with van der Waals surface area (Å²) in [5.41, 5.74) is 5.82. The van der Waals surface area contributed by atoms with E-state index in [9.17, 15) is 9.59 Å². The van der Waals surface area contributed by atoms with Crippen molar-refractivity contribution in [2.75, 3.05) is 24.3 Å². The van der Waals surface area contributed by atoms with E-state index in [0.29, 0.717) is 11.5 Å². The molecule has 1 aliphatic rings. The van der Waals surface area contributed by atoms with Gasteiger partial charge in [-0.05, 0) is 66.3 Å². The number of carbonyl (C=O) groups is 2. The minimum atomic E-state index is -0.605. The van der Waals surface area contributed by atoms with E-state index >= 15 is 0 Å². The molecule has 3 N–H and O–H groups in total. The van der Waals surface area contributed by atoms with E-state index in [0.717, 1.165) is 65.3 Å². The first kappa shape index (κ1) is 33.2. The van der Waals surface area contributed by atoms with Crippen LogP contribution in [0.4, 0.5) is 11.8 Å². The highest BCUT2D eigenvalue weighted by atomic mass is 16.2. The number of hydrogen-bond donors (Lipinski definition) is 3. The highest BCUT2D eigenvalue weighted by Gasteiger charge is 2.31. The molecule has 250 valence electrons. The maximum Gasteiger partial charge on any atom is 0.228 e. The van der Waals surface area contributed by atoms with Crippen LogP contribution in [0.2, 0.25) is 0 Å². The molecule has 2 heterocycles. The molecule has 48 heavy (non-hydrogen) atoms. The Morgan fingerprint density at radius 3 is 2.27 bits per heavy atom. The number of hydrogen-bond acceptors (Lipinski definition) is 6. The molecule has 8 heteroatoms. The minimum absolute atomic E-state index is 0.00277. The second-order valence-corrected chi connectivity index (χ2v) is 14.4. The van der Waals surface area contributed by atoms with E-state index in [1.807, 2.05) is 79.8 Å². The number of H-pyrrole nitrogens is 1. The van der Waals surface area contributed by atoms with Crippen LogP contribution in [0, 0.1) is 0 Å². The van der Waals surface area contributed by atoms with Gasteiger partial charge in [0.05, 0.1) is 11.4 Å². The molecule has 5 aromatic rings. The van der Waals surface area contributed by atoms with Gasteiger partial charge < -0.3 is 20.5 Å². The van der Waals surface area contributed by atoms with Crippen LogP contribution >= 0.6 is 0 Å². The van der Waals surface area contributed by atoms with Crippen molar-refractivity contribution in [1.82, 2.24) is 20.3 Å². The number of fused-ring (bicyclic) bond motifs is 2. The molecule has 0 bridgehead atoms. The predicted molar refractivity (Wildman–Crippen MR) is 196 cm³/mol. The third kappa shape index (κ3) is 7.08. The van der Waals surface area contributed by atoms with Crippen LogP contribution in [0.15, 0.2) is 72.9 Å². The van der Waals surface area contributed by atoms with E-state index in [1.54, 1.807) is 0 Å². The number of carbonyl (C=O) groups excluding carboxylic acids is 2. The molecule has 0 aliphatic heterocycles. The highest BCUT2D eigenvalue weighted by molar-refractivity contribution is 6.02. The number of aryl methyl sites for hydroxylation is 1. The summed E-state index contributed by atoms with van der Waals surface area (Å²) >= 11 is 0. The minimum Gasteiger partial charge on any atom is -0.362 e. The molecule has 1 amide bonds. The van der Waals surface area contributed by atoms with Crippen molar-refractivity contribution >= 4 is 45.3 Å². The van der Waals surface area contributed by atoms with Gasteiger partial charge in [0.25, 0.3) is 0 Å². The molecular formula is C40H48N6O2. The lowest BCUT2D eigenvalue weighted by Gasteiger charge is -2.31. The first-order valence-corrected chi connectivity index (χ1v) is 17.3. The molecule has 2 aromatic heterocycles. The van der Waals surface area contributed by atoms with Crippen molar-refractivity contribution in [3.63, 3.8) is 0 Å². The van der Waals surface area contributed by atoms with Crippen molar-refractivity contribution in [3.8, 4) is 0 Å². The summed E-state index contributed by atoms with van der Waals surface area (Å²) in [5.74, 6) is 0.786. The molecule has 1 atom stereocenters. The number of aromatic nitrogens is 3. The molecular weight excluding hydrogens is 596 g/mol. The fourth-order valence-electron chi connectivity index (χ4n) is 6.96. The maximum atomic E-state index is 14.1. The summed E-state index contributed by atoms with van der Waals surface area (Å²) in [6.07, 6.45) is 6.35. The van der Waals surface area contributed by atoms with Gasteiger partial charge in [0.1, 0.15) is 5.82 Å². The SMILES string of the molecule is CCc1cccc2c(C(CC(=O)c3ccc(C(C)(C)C)cc3)C(=O)N[C@H]3CC[C@@H](Nc4nc(N(C)C)c5ccccc5n4)CC3)c[nH]c12. The topological polar surface area (TPSA) is 103 Å². The third-order valence-corrected chi connectivity index (χ3v) is 9.78.